The van der Waals surface area contributed by atoms with Crippen LogP contribution in [0.1, 0.15) is 10.7 Å². The molecule has 1 aromatic rings. The number of thiazole rings is 1. The molecule has 13 heavy (non-hydrogen) atoms. The summed E-state index contributed by atoms with van der Waals surface area (Å²) in [6.07, 6.45) is 1.07. The van der Waals surface area contributed by atoms with Gasteiger partial charge in [0.2, 0.25) is 0 Å². The summed E-state index contributed by atoms with van der Waals surface area (Å²) in [6.45, 7) is 2.04. The highest BCUT2D eigenvalue weighted by Gasteiger charge is 2.26. The number of aromatic nitrogens is 1. The van der Waals surface area contributed by atoms with Crippen molar-refractivity contribution in [2.24, 2.45) is 5.92 Å². The van der Waals surface area contributed by atoms with Crippen LogP contribution in [0.5, 0.6) is 0 Å². The number of hydrogen-bond donors (Lipinski definition) is 0. The van der Waals surface area contributed by atoms with Crippen LogP contribution in [-0.4, -0.2) is 21.9 Å². The topological polar surface area (TPSA) is 12.9 Å². The Morgan fingerprint density at radius 1 is 1.62 bits per heavy atom. The molecule has 1 aliphatic rings. The van der Waals surface area contributed by atoms with E-state index in [1.807, 2.05) is 18.7 Å². The molecule has 2 unspecified atom stereocenters. The van der Waals surface area contributed by atoms with Gasteiger partial charge in [-0.1, -0.05) is 0 Å². The van der Waals surface area contributed by atoms with Gasteiger partial charge in [-0.05, 0) is 18.6 Å². The highest BCUT2D eigenvalue weighted by molar-refractivity contribution is 7.99. The standard InChI is InChI=1S/C9H12ClNS2/c1-6-3-13-9(11-6)2-7-4-12-5-8(7)10/h3,7-8H,2,4-5H2,1H3. The molecule has 0 aromatic carbocycles. The second-order valence-electron chi connectivity index (χ2n) is 3.40. The fraction of sp³-hybridized carbons (Fsp3) is 0.667. The molecule has 0 aliphatic carbocycles. The van der Waals surface area contributed by atoms with Gasteiger partial charge in [0.05, 0.1) is 5.01 Å². The Morgan fingerprint density at radius 3 is 3.00 bits per heavy atom. The number of halogens is 1. The molecule has 0 spiro atoms. The molecule has 0 radical (unpaired) electrons. The van der Waals surface area contributed by atoms with Crippen LogP contribution in [0.3, 0.4) is 0 Å². The minimum absolute atomic E-state index is 0.356. The van der Waals surface area contributed by atoms with E-state index in [-0.39, 0.29) is 0 Å². The van der Waals surface area contributed by atoms with Crippen LogP contribution in [-0.2, 0) is 6.42 Å². The molecule has 1 nitrogen and oxygen atoms in total. The van der Waals surface area contributed by atoms with Crippen LogP contribution < -0.4 is 0 Å². The van der Waals surface area contributed by atoms with Crippen molar-refractivity contribution < 1.29 is 0 Å². The third kappa shape index (κ3) is 2.39. The van der Waals surface area contributed by atoms with Crippen LogP contribution in [0.15, 0.2) is 5.38 Å². The second kappa shape index (κ2) is 4.20. The van der Waals surface area contributed by atoms with Crippen LogP contribution in [0.4, 0.5) is 0 Å². The van der Waals surface area contributed by atoms with Gasteiger partial charge in [-0.25, -0.2) is 4.98 Å². The van der Waals surface area contributed by atoms with Crippen LogP contribution in [0.25, 0.3) is 0 Å². The van der Waals surface area contributed by atoms with E-state index in [2.05, 4.69) is 10.4 Å². The lowest BCUT2D eigenvalue weighted by atomic mass is 10.1. The first-order valence-corrected chi connectivity index (χ1v) is 6.85. The number of rotatable bonds is 2. The summed E-state index contributed by atoms with van der Waals surface area (Å²) in [7, 11) is 0. The molecule has 72 valence electrons. The number of nitrogens with zero attached hydrogens (tertiary/aromatic N) is 1. The third-order valence-corrected chi connectivity index (χ3v) is 5.17. The molecule has 1 fully saturated rings. The van der Waals surface area contributed by atoms with Crippen LogP contribution in [0.2, 0.25) is 0 Å². The third-order valence-electron chi connectivity index (χ3n) is 2.22. The molecule has 4 heteroatoms. The molecule has 2 atom stereocenters. The van der Waals surface area contributed by atoms with E-state index in [9.17, 15) is 0 Å². The molecule has 0 amide bonds. The number of aryl methyl sites for hydroxylation is 1. The zero-order chi connectivity index (χ0) is 9.26. The van der Waals surface area contributed by atoms with Crippen LogP contribution >= 0.6 is 34.7 Å². The van der Waals surface area contributed by atoms with Crippen molar-refractivity contribution in [3.8, 4) is 0 Å². The summed E-state index contributed by atoms with van der Waals surface area (Å²) in [5.41, 5.74) is 1.14. The summed E-state index contributed by atoms with van der Waals surface area (Å²) < 4.78 is 0. The van der Waals surface area contributed by atoms with Crippen LogP contribution in [0, 0.1) is 12.8 Å². The van der Waals surface area contributed by atoms with Crippen molar-refractivity contribution in [1.29, 1.82) is 0 Å². The largest absolute Gasteiger partial charge is 0.247 e. The molecule has 2 rings (SSSR count). The number of alkyl halides is 1. The maximum Gasteiger partial charge on any atom is 0.0931 e. The van der Waals surface area contributed by atoms with E-state index in [1.165, 1.54) is 10.8 Å². The molecule has 0 saturated carbocycles. The quantitative estimate of drug-likeness (QED) is 0.729. The summed E-state index contributed by atoms with van der Waals surface area (Å²) >= 11 is 9.91. The fourth-order valence-electron chi connectivity index (χ4n) is 1.48. The summed E-state index contributed by atoms with van der Waals surface area (Å²) in [4.78, 5) is 4.46. The Morgan fingerprint density at radius 2 is 2.46 bits per heavy atom. The van der Waals surface area contributed by atoms with Crippen molar-refractivity contribution in [3.63, 3.8) is 0 Å². The Kier molecular flexibility index (Phi) is 3.17. The van der Waals surface area contributed by atoms with Gasteiger partial charge in [0.15, 0.2) is 0 Å². The summed E-state index contributed by atoms with van der Waals surface area (Å²) in [6, 6.07) is 0. The fourth-order valence-corrected chi connectivity index (χ4v) is 4.18. The van der Waals surface area contributed by atoms with E-state index in [4.69, 9.17) is 11.6 Å². The zero-order valence-corrected chi connectivity index (χ0v) is 9.88. The monoisotopic (exact) mass is 233 g/mol. The van der Waals surface area contributed by atoms with Crippen molar-refractivity contribution in [2.45, 2.75) is 18.7 Å². The van der Waals surface area contributed by atoms with Gasteiger partial charge in [0.25, 0.3) is 0 Å². The first-order chi connectivity index (χ1) is 6.25. The highest BCUT2D eigenvalue weighted by Crippen LogP contribution is 2.31. The van der Waals surface area contributed by atoms with Gasteiger partial charge < -0.3 is 0 Å². The zero-order valence-electron chi connectivity index (χ0n) is 7.50. The second-order valence-corrected chi connectivity index (χ2v) is 5.98. The Labute approximate surface area is 91.9 Å². The summed E-state index contributed by atoms with van der Waals surface area (Å²) in [5, 5.41) is 3.71. The Bertz CT molecular complexity index is 287. The molecule has 1 aliphatic heterocycles. The smallest absolute Gasteiger partial charge is 0.0931 e. The number of thioether (sulfide) groups is 1. The molecular weight excluding hydrogens is 222 g/mol. The normalized spacial score (nSPS) is 28.2. The van der Waals surface area contributed by atoms with E-state index >= 15 is 0 Å². The first kappa shape index (κ1) is 9.81. The minimum Gasteiger partial charge on any atom is -0.247 e. The van der Waals surface area contributed by atoms with Crippen molar-refractivity contribution in [1.82, 2.24) is 4.98 Å². The van der Waals surface area contributed by atoms with Crippen molar-refractivity contribution in [3.05, 3.63) is 16.1 Å². The van der Waals surface area contributed by atoms with Gasteiger partial charge in [-0.3, -0.25) is 0 Å². The molecule has 1 aromatic heterocycles. The SMILES string of the molecule is Cc1csc(CC2CSCC2Cl)n1. The predicted octanol–water partition coefficient (Wildman–Crippen LogP) is 2.96. The minimum atomic E-state index is 0.356. The average Bonchev–Trinajstić information content (AvgIpc) is 2.64. The number of hydrogen-bond acceptors (Lipinski definition) is 3. The molecular formula is C9H12ClNS2. The van der Waals surface area contributed by atoms with E-state index in [0.29, 0.717) is 11.3 Å². The average molecular weight is 234 g/mol. The maximum absolute atomic E-state index is 6.19. The Hall–Kier alpha value is 0.270. The van der Waals surface area contributed by atoms with Crippen molar-refractivity contribution >= 4 is 34.7 Å². The van der Waals surface area contributed by atoms with Gasteiger partial charge in [-0.2, -0.15) is 11.8 Å². The maximum atomic E-state index is 6.19. The van der Waals surface area contributed by atoms with Gasteiger partial charge in [0.1, 0.15) is 0 Å². The summed E-state index contributed by atoms with van der Waals surface area (Å²) in [5.74, 6) is 2.95. The van der Waals surface area contributed by atoms with E-state index in [1.54, 1.807) is 11.3 Å². The lowest BCUT2D eigenvalue weighted by Gasteiger charge is -2.09. The van der Waals surface area contributed by atoms with Gasteiger partial charge in [0, 0.05) is 28.6 Å². The molecule has 2 heterocycles. The van der Waals surface area contributed by atoms with Gasteiger partial charge >= 0.3 is 0 Å². The Balaban J connectivity index is 1.97. The lowest BCUT2D eigenvalue weighted by Crippen LogP contribution is -2.14. The molecule has 0 bridgehead atoms. The highest BCUT2D eigenvalue weighted by atomic mass is 35.5. The predicted molar refractivity (Wildman–Crippen MR) is 61.0 cm³/mol. The first-order valence-electron chi connectivity index (χ1n) is 4.38. The van der Waals surface area contributed by atoms with E-state index < -0.39 is 0 Å². The lowest BCUT2D eigenvalue weighted by molar-refractivity contribution is 0.600. The van der Waals surface area contributed by atoms with Crippen molar-refractivity contribution in [2.75, 3.05) is 11.5 Å². The molecule has 1 saturated heterocycles. The molecule has 0 N–H and O–H groups in total. The van der Waals surface area contributed by atoms with Gasteiger partial charge in [-0.15, -0.1) is 22.9 Å². The van der Waals surface area contributed by atoms with E-state index in [0.717, 1.165) is 17.9 Å².